The van der Waals surface area contributed by atoms with Crippen LogP contribution in [0.15, 0.2) is 35.9 Å². The first-order chi connectivity index (χ1) is 8.88. The van der Waals surface area contributed by atoms with Gasteiger partial charge >= 0.3 is 5.97 Å². The average molecular weight is 265 g/mol. The van der Waals surface area contributed by atoms with E-state index in [4.69, 9.17) is 4.74 Å². The van der Waals surface area contributed by atoms with Crippen LogP contribution in [-0.2, 0) is 14.3 Å². The van der Waals surface area contributed by atoms with Gasteiger partial charge in [-0.3, -0.25) is 4.79 Å². The van der Waals surface area contributed by atoms with Gasteiger partial charge in [-0.1, -0.05) is 5.57 Å². The molecular formula is C14H16FNO3. The van der Waals surface area contributed by atoms with Gasteiger partial charge < -0.3 is 10.1 Å². The molecule has 102 valence electrons. The summed E-state index contributed by atoms with van der Waals surface area (Å²) >= 11 is 0. The maximum atomic E-state index is 12.7. The van der Waals surface area contributed by atoms with Crippen LogP contribution in [0.4, 0.5) is 10.1 Å². The molecule has 1 N–H and O–H groups in total. The van der Waals surface area contributed by atoms with Crippen LogP contribution in [0.5, 0.6) is 0 Å². The molecule has 0 fully saturated rings. The second kappa shape index (κ2) is 6.68. The molecule has 0 bridgehead atoms. The predicted molar refractivity (Wildman–Crippen MR) is 70.0 cm³/mol. The molecule has 0 unspecified atom stereocenters. The van der Waals surface area contributed by atoms with Crippen LogP contribution in [-0.4, -0.2) is 18.0 Å². The Bertz CT molecular complexity index is 490. The van der Waals surface area contributed by atoms with Crippen LogP contribution in [0.25, 0.3) is 0 Å². The van der Waals surface area contributed by atoms with E-state index in [1.165, 1.54) is 37.3 Å². The SMILES string of the molecule is CC(C)=CC(=O)O[C@H](C)C(=O)Nc1ccc(F)cc1. The number of ether oxygens (including phenoxy) is 1. The minimum absolute atomic E-state index is 0.388. The molecule has 0 spiro atoms. The predicted octanol–water partition coefficient (Wildman–Crippen LogP) is 2.66. The second-order valence-corrected chi connectivity index (χ2v) is 4.30. The van der Waals surface area contributed by atoms with Crippen molar-refractivity contribution in [3.8, 4) is 0 Å². The topological polar surface area (TPSA) is 55.4 Å². The maximum absolute atomic E-state index is 12.7. The van der Waals surface area contributed by atoms with Gasteiger partial charge in [-0.25, -0.2) is 9.18 Å². The summed E-state index contributed by atoms with van der Waals surface area (Å²) in [6.07, 6.45) is 0.384. The summed E-state index contributed by atoms with van der Waals surface area (Å²) in [5.74, 6) is -1.43. The van der Waals surface area contributed by atoms with Crippen molar-refractivity contribution in [3.05, 3.63) is 41.7 Å². The van der Waals surface area contributed by atoms with Gasteiger partial charge in [0.05, 0.1) is 0 Å². The molecule has 19 heavy (non-hydrogen) atoms. The number of benzene rings is 1. The van der Waals surface area contributed by atoms with Gasteiger partial charge in [0.15, 0.2) is 6.10 Å². The van der Waals surface area contributed by atoms with Crippen LogP contribution < -0.4 is 5.32 Å². The number of hydrogen-bond acceptors (Lipinski definition) is 3. The average Bonchev–Trinajstić information content (AvgIpc) is 2.30. The summed E-state index contributed by atoms with van der Waals surface area (Å²) in [6, 6.07) is 5.32. The lowest BCUT2D eigenvalue weighted by molar-refractivity contribution is -0.148. The monoisotopic (exact) mass is 265 g/mol. The molecule has 1 aromatic carbocycles. The fourth-order valence-electron chi connectivity index (χ4n) is 1.27. The van der Waals surface area contributed by atoms with E-state index in [0.717, 1.165) is 5.57 Å². The summed E-state index contributed by atoms with van der Waals surface area (Å²) < 4.78 is 17.6. The Morgan fingerprint density at radius 3 is 2.37 bits per heavy atom. The Balaban J connectivity index is 2.56. The smallest absolute Gasteiger partial charge is 0.331 e. The Hall–Kier alpha value is -2.17. The Morgan fingerprint density at radius 1 is 1.26 bits per heavy atom. The number of anilines is 1. The summed E-state index contributed by atoms with van der Waals surface area (Å²) in [5.41, 5.74) is 1.23. The lowest BCUT2D eigenvalue weighted by Gasteiger charge is -2.12. The van der Waals surface area contributed by atoms with Gasteiger partial charge in [0.1, 0.15) is 5.82 Å². The fourth-order valence-corrected chi connectivity index (χ4v) is 1.27. The minimum Gasteiger partial charge on any atom is -0.449 e. The van der Waals surface area contributed by atoms with E-state index in [1.807, 2.05) is 0 Å². The van der Waals surface area contributed by atoms with Gasteiger partial charge in [-0.15, -0.1) is 0 Å². The molecule has 0 saturated carbocycles. The van der Waals surface area contributed by atoms with Gasteiger partial charge in [0.25, 0.3) is 5.91 Å². The molecule has 0 aliphatic heterocycles. The lowest BCUT2D eigenvalue weighted by Crippen LogP contribution is -2.29. The normalized spacial score (nSPS) is 11.4. The van der Waals surface area contributed by atoms with Crippen LogP contribution in [0.1, 0.15) is 20.8 Å². The number of allylic oxidation sites excluding steroid dienone is 1. The molecule has 0 saturated heterocycles. The molecular weight excluding hydrogens is 249 g/mol. The zero-order valence-electron chi connectivity index (χ0n) is 11.1. The molecule has 1 amide bonds. The van der Waals surface area contributed by atoms with Crippen LogP contribution in [0.2, 0.25) is 0 Å². The van der Waals surface area contributed by atoms with Gasteiger partial charge in [0.2, 0.25) is 0 Å². The summed E-state index contributed by atoms with van der Waals surface area (Å²) in [5, 5.41) is 2.52. The van der Waals surface area contributed by atoms with E-state index in [1.54, 1.807) is 13.8 Å². The van der Waals surface area contributed by atoms with Gasteiger partial charge in [-0.05, 0) is 45.0 Å². The molecule has 5 heteroatoms. The van der Waals surface area contributed by atoms with E-state index < -0.39 is 18.0 Å². The highest BCUT2D eigenvalue weighted by Crippen LogP contribution is 2.09. The molecule has 0 heterocycles. The van der Waals surface area contributed by atoms with E-state index >= 15 is 0 Å². The van der Waals surface area contributed by atoms with E-state index in [9.17, 15) is 14.0 Å². The number of carbonyl (C=O) groups excluding carboxylic acids is 2. The first kappa shape index (κ1) is 14.9. The fraction of sp³-hybridized carbons (Fsp3) is 0.286. The first-order valence-electron chi connectivity index (χ1n) is 5.80. The minimum atomic E-state index is -0.923. The summed E-state index contributed by atoms with van der Waals surface area (Å²) in [6.45, 7) is 4.98. The Labute approximate surface area is 111 Å². The molecule has 1 aromatic rings. The van der Waals surface area contributed by atoms with Crippen molar-refractivity contribution < 1.29 is 18.7 Å². The standard InChI is InChI=1S/C14H16FNO3/c1-9(2)8-13(17)19-10(3)14(18)16-12-6-4-11(15)5-7-12/h4-8,10H,1-3H3,(H,16,18)/t10-/m1/s1. The molecule has 4 nitrogen and oxygen atoms in total. The molecule has 1 atom stereocenters. The zero-order valence-corrected chi connectivity index (χ0v) is 11.1. The molecule has 0 aliphatic rings. The number of carbonyl (C=O) groups is 2. The molecule has 0 radical (unpaired) electrons. The van der Waals surface area contributed by atoms with Crippen molar-refractivity contribution in [3.63, 3.8) is 0 Å². The molecule has 1 rings (SSSR count). The Morgan fingerprint density at radius 2 is 1.84 bits per heavy atom. The summed E-state index contributed by atoms with van der Waals surface area (Å²) in [4.78, 5) is 23.1. The number of halogens is 1. The highest BCUT2D eigenvalue weighted by Gasteiger charge is 2.16. The quantitative estimate of drug-likeness (QED) is 0.672. The highest BCUT2D eigenvalue weighted by atomic mass is 19.1. The van der Waals surface area contributed by atoms with Crippen LogP contribution in [0, 0.1) is 5.82 Å². The zero-order chi connectivity index (χ0) is 14.4. The number of amides is 1. The largest absolute Gasteiger partial charge is 0.449 e. The van der Waals surface area contributed by atoms with Crippen molar-refractivity contribution >= 4 is 17.6 Å². The number of rotatable bonds is 4. The summed E-state index contributed by atoms with van der Waals surface area (Å²) in [7, 11) is 0. The molecule has 0 aliphatic carbocycles. The number of nitrogens with one attached hydrogen (secondary N) is 1. The van der Waals surface area contributed by atoms with Crippen molar-refractivity contribution in [2.24, 2.45) is 0 Å². The van der Waals surface area contributed by atoms with Crippen molar-refractivity contribution in [1.82, 2.24) is 0 Å². The Kier molecular flexibility index (Phi) is 5.23. The van der Waals surface area contributed by atoms with Crippen LogP contribution >= 0.6 is 0 Å². The van der Waals surface area contributed by atoms with Crippen molar-refractivity contribution in [2.45, 2.75) is 26.9 Å². The third-order valence-electron chi connectivity index (χ3n) is 2.18. The van der Waals surface area contributed by atoms with Crippen molar-refractivity contribution in [1.29, 1.82) is 0 Å². The van der Waals surface area contributed by atoms with E-state index in [2.05, 4.69) is 5.32 Å². The third-order valence-corrected chi connectivity index (χ3v) is 2.18. The van der Waals surface area contributed by atoms with Crippen LogP contribution in [0.3, 0.4) is 0 Å². The van der Waals surface area contributed by atoms with Gasteiger partial charge in [0, 0.05) is 11.8 Å². The second-order valence-electron chi connectivity index (χ2n) is 4.30. The maximum Gasteiger partial charge on any atom is 0.331 e. The van der Waals surface area contributed by atoms with E-state index in [0.29, 0.717) is 5.69 Å². The van der Waals surface area contributed by atoms with E-state index in [-0.39, 0.29) is 5.82 Å². The van der Waals surface area contributed by atoms with Crippen molar-refractivity contribution in [2.75, 3.05) is 5.32 Å². The third kappa shape index (κ3) is 5.33. The lowest BCUT2D eigenvalue weighted by atomic mass is 10.3. The first-order valence-corrected chi connectivity index (χ1v) is 5.80. The number of hydrogen-bond donors (Lipinski definition) is 1. The van der Waals surface area contributed by atoms with Gasteiger partial charge in [-0.2, -0.15) is 0 Å². The number of esters is 1. The molecule has 0 aromatic heterocycles. The highest BCUT2D eigenvalue weighted by molar-refractivity contribution is 5.95.